The molecular weight excluding hydrogens is 192 g/mol. The van der Waals surface area contributed by atoms with Crippen LogP contribution in [0.25, 0.3) is 0 Å². The van der Waals surface area contributed by atoms with E-state index in [4.69, 9.17) is 9.15 Å². The molecule has 2 heterocycles. The number of oxazole rings is 1. The van der Waals surface area contributed by atoms with Gasteiger partial charge in [-0.15, -0.1) is 0 Å². The maximum Gasteiger partial charge on any atom is 0.191 e. The van der Waals surface area contributed by atoms with Crippen molar-refractivity contribution < 1.29 is 9.15 Å². The highest BCUT2D eigenvalue weighted by Gasteiger charge is 2.12. The molecule has 0 radical (unpaired) electrons. The van der Waals surface area contributed by atoms with Crippen LogP contribution < -0.4 is 5.32 Å². The molecule has 4 nitrogen and oxygen atoms in total. The number of aryl methyl sites for hydroxylation is 1. The van der Waals surface area contributed by atoms with Gasteiger partial charge in [0.1, 0.15) is 12.0 Å². The standard InChI is InChI=1S/C11H18N2O2/c1-9-13-11(8-15-9)7-14-6-10-4-2-3-5-12-10/h8,10,12H,2-7H2,1H3/t10-/m0/s1. The van der Waals surface area contributed by atoms with E-state index < -0.39 is 0 Å². The number of hydrogen-bond acceptors (Lipinski definition) is 4. The van der Waals surface area contributed by atoms with E-state index in [1.165, 1.54) is 19.3 Å². The minimum Gasteiger partial charge on any atom is -0.449 e. The first kappa shape index (κ1) is 10.6. The highest BCUT2D eigenvalue weighted by Crippen LogP contribution is 2.08. The molecule has 15 heavy (non-hydrogen) atoms. The third-order valence-electron chi connectivity index (χ3n) is 2.65. The van der Waals surface area contributed by atoms with Crippen LogP contribution in [0, 0.1) is 6.92 Å². The van der Waals surface area contributed by atoms with E-state index in [1.54, 1.807) is 6.26 Å². The van der Waals surface area contributed by atoms with Crippen molar-refractivity contribution in [3.05, 3.63) is 17.8 Å². The molecule has 1 aromatic rings. The number of rotatable bonds is 4. The SMILES string of the molecule is Cc1nc(COC[C@@H]2CCCCN2)co1. The van der Waals surface area contributed by atoms with E-state index in [1.807, 2.05) is 6.92 Å². The molecule has 0 amide bonds. The molecule has 0 aliphatic carbocycles. The summed E-state index contributed by atoms with van der Waals surface area (Å²) in [6, 6.07) is 0.520. The number of piperidine rings is 1. The Morgan fingerprint density at radius 1 is 1.60 bits per heavy atom. The quantitative estimate of drug-likeness (QED) is 0.820. The number of nitrogens with zero attached hydrogens (tertiary/aromatic N) is 1. The lowest BCUT2D eigenvalue weighted by Crippen LogP contribution is -2.37. The second kappa shape index (κ2) is 5.28. The van der Waals surface area contributed by atoms with Crippen molar-refractivity contribution in [3.63, 3.8) is 0 Å². The van der Waals surface area contributed by atoms with Crippen molar-refractivity contribution in [3.8, 4) is 0 Å². The second-order valence-corrected chi connectivity index (χ2v) is 4.02. The van der Waals surface area contributed by atoms with Gasteiger partial charge in [-0.3, -0.25) is 0 Å². The largest absolute Gasteiger partial charge is 0.449 e. The van der Waals surface area contributed by atoms with E-state index in [0.717, 1.165) is 18.8 Å². The third kappa shape index (κ3) is 3.32. The molecule has 1 aromatic heterocycles. The molecule has 0 bridgehead atoms. The Hall–Kier alpha value is -0.870. The molecule has 0 spiro atoms. The van der Waals surface area contributed by atoms with Crippen LogP contribution in [0.3, 0.4) is 0 Å². The van der Waals surface area contributed by atoms with Crippen LogP contribution in [0.5, 0.6) is 0 Å². The maximum absolute atomic E-state index is 5.59. The van der Waals surface area contributed by atoms with Crippen LogP contribution in [0.1, 0.15) is 30.8 Å². The van der Waals surface area contributed by atoms with Crippen molar-refractivity contribution in [2.75, 3.05) is 13.2 Å². The molecular formula is C11H18N2O2. The first-order valence-corrected chi connectivity index (χ1v) is 5.57. The van der Waals surface area contributed by atoms with Gasteiger partial charge in [0.25, 0.3) is 0 Å². The van der Waals surface area contributed by atoms with Crippen LogP contribution in [-0.2, 0) is 11.3 Å². The lowest BCUT2D eigenvalue weighted by atomic mass is 10.1. The zero-order chi connectivity index (χ0) is 10.5. The average Bonchev–Trinajstić information content (AvgIpc) is 2.66. The Bertz CT molecular complexity index is 293. The topological polar surface area (TPSA) is 47.3 Å². The summed E-state index contributed by atoms with van der Waals surface area (Å²) in [6.07, 6.45) is 5.48. The van der Waals surface area contributed by atoms with Gasteiger partial charge in [0, 0.05) is 13.0 Å². The van der Waals surface area contributed by atoms with Gasteiger partial charge in [0.2, 0.25) is 0 Å². The first-order chi connectivity index (χ1) is 7.34. The maximum atomic E-state index is 5.59. The van der Waals surface area contributed by atoms with Crippen LogP contribution in [0.15, 0.2) is 10.7 Å². The van der Waals surface area contributed by atoms with Crippen molar-refractivity contribution in [2.24, 2.45) is 0 Å². The zero-order valence-electron chi connectivity index (χ0n) is 9.16. The Morgan fingerprint density at radius 2 is 2.53 bits per heavy atom. The van der Waals surface area contributed by atoms with Crippen molar-refractivity contribution in [1.82, 2.24) is 10.3 Å². The molecule has 1 aliphatic rings. The van der Waals surface area contributed by atoms with Gasteiger partial charge in [-0.25, -0.2) is 4.98 Å². The van der Waals surface area contributed by atoms with Gasteiger partial charge in [-0.1, -0.05) is 6.42 Å². The molecule has 1 saturated heterocycles. The smallest absolute Gasteiger partial charge is 0.191 e. The highest BCUT2D eigenvalue weighted by molar-refractivity contribution is 4.92. The minimum atomic E-state index is 0.520. The van der Waals surface area contributed by atoms with Gasteiger partial charge >= 0.3 is 0 Å². The molecule has 1 atom stereocenters. The molecule has 84 valence electrons. The van der Waals surface area contributed by atoms with Crippen molar-refractivity contribution in [2.45, 2.75) is 38.8 Å². The Balaban J connectivity index is 1.65. The molecule has 1 fully saturated rings. The molecule has 0 aromatic carbocycles. The van der Waals surface area contributed by atoms with E-state index in [-0.39, 0.29) is 0 Å². The molecule has 4 heteroatoms. The van der Waals surface area contributed by atoms with Crippen LogP contribution in [0.4, 0.5) is 0 Å². The number of hydrogen-bond donors (Lipinski definition) is 1. The lowest BCUT2D eigenvalue weighted by Gasteiger charge is -2.22. The Kier molecular flexibility index (Phi) is 3.75. The summed E-state index contributed by atoms with van der Waals surface area (Å²) in [5.41, 5.74) is 0.878. The molecule has 0 saturated carbocycles. The average molecular weight is 210 g/mol. The van der Waals surface area contributed by atoms with E-state index in [0.29, 0.717) is 18.5 Å². The van der Waals surface area contributed by atoms with E-state index in [9.17, 15) is 0 Å². The zero-order valence-corrected chi connectivity index (χ0v) is 9.16. The predicted molar refractivity (Wildman–Crippen MR) is 56.5 cm³/mol. The summed E-state index contributed by atoms with van der Waals surface area (Å²) in [4.78, 5) is 4.18. The Morgan fingerprint density at radius 3 is 3.20 bits per heavy atom. The second-order valence-electron chi connectivity index (χ2n) is 4.02. The Labute approximate surface area is 90.0 Å². The van der Waals surface area contributed by atoms with E-state index in [2.05, 4.69) is 10.3 Å². The highest BCUT2D eigenvalue weighted by atomic mass is 16.5. The summed E-state index contributed by atoms with van der Waals surface area (Å²) in [6.45, 7) is 4.28. The fourth-order valence-corrected chi connectivity index (χ4v) is 1.85. The summed E-state index contributed by atoms with van der Waals surface area (Å²) in [5.74, 6) is 0.699. The molecule has 1 aliphatic heterocycles. The van der Waals surface area contributed by atoms with Gasteiger partial charge in [0.15, 0.2) is 5.89 Å². The number of aromatic nitrogens is 1. The third-order valence-corrected chi connectivity index (χ3v) is 2.65. The van der Waals surface area contributed by atoms with Gasteiger partial charge < -0.3 is 14.5 Å². The summed E-state index contributed by atoms with van der Waals surface area (Å²) in [5, 5.41) is 3.44. The van der Waals surface area contributed by atoms with Crippen LogP contribution in [0.2, 0.25) is 0 Å². The van der Waals surface area contributed by atoms with Crippen molar-refractivity contribution >= 4 is 0 Å². The van der Waals surface area contributed by atoms with Gasteiger partial charge in [0.05, 0.1) is 13.2 Å². The van der Waals surface area contributed by atoms with Crippen LogP contribution >= 0.6 is 0 Å². The number of ether oxygens (including phenoxy) is 1. The summed E-state index contributed by atoms with van der Waals surface area (Å²) in [7, 11) is 0. The summed E-state index contributed by atoms with van der Waals surface area (Å²) >= 11 is 0. The van der Waals surface area contributed by atoms with E-state index >= 15 is 0 Å². The van der Waals surface area contributed by atoms with Gasteiger partial charge in [-0.2, -0.15) is 0 Å². The fraction of sp³-hybridized carbons (Fsp3) is 0.727. The molecule has 2 rings (SSSR count). The molecule has 1 N–H and O–H groups in total. The lowest BCUT2D eigenvalue weighted by molar-refractivity contribution is 0.0890. The molecule has 0 unspecified atom stereocenters. The normalized spacial score (nSPS) is 21.8. The minimum absolute atomic E-state index is 0.520. The number of nitrogens with one attached hydrogen (secondary N) is 1. The van der Waals surface area contributed by atoms with Crippen molar-refractivity contribution in [1.29, 1.82) is 0 Å². The predicted octanol–water partition coefficient (Wildman–Crippen LogP) is 1.64. The van der Waals surface area contributed by atoms with Crippen LogP contribution in [-0.4, -0.2) is 24.2 Å². The fourth-order valence-electron chi connectivity index (χ4n) is 1.85. The first-order valence-electron chi connectivity index (χ1n) is 5.57. The summed E-state index contributed by atoms with van der Waals surface area (Å²) < 4.78 is 10.7. The monoisotopic (exact) mass is 210 g/mol. The van der Waals surface area contributed by atoms with Gasteiger partial charge in [-0.05, 0) is 19.4 Å².